The summed E-state index contributed by atoms with van der Waals surface area (Å²) in [5.41, 5.74) is 2.35. The molecule has 0 amide bonds. The molecule has 2 rings (SSSR count). The molecule has 1 aromatic rings. The second kappa shape index (κ2) is 6.86. The predicted molar refractivity (Wildman–Crippen MR) is 75.6 cm³/mol. The van der Waals surface area contributed by atoms with E-state index >= 15 is 0 Å². The fourth-order valence-corrected chi connectivity index (χ4v) is 2.52. The first-order valence-electron chi connectivity index (χ1n) is 7.12. The molecule has 0 radical (unpaired) electrons. The van der Waals surface area contributed by atoms with Crippen molar-refractivity contribution in [2.45, 2.75) is 45.7 Å². The van der Waals surface area contributed by atoms with Gasteiger partial charge in [0.05, 0.1) is 0 Å². The van der Waals surface area contributed by atoms with E-state index in [0.29, 0.717) is 6.04 Å². The second-order valence-corrected chi connectivity index (χ2v) is 5.38. The van der Waals surface area contributed by atoms with Crippen LogP contribution < -0.4 is 5.32 Å². The van der Waals surface area contributed by atoms with Crippen LogP contribution in [-0.2, 0) is 6.54 Å². The van der Waals surface area contributed by atoms with Gasteiger partial charge in [0.2, 0.25) is 0 Å². The lowest BCUT2D eigenvalue weighted by molar-refractivity contribution is 0.170. The smallest absolute Gasteiger partial charge is 0.0372 e. The van der Waals surface area contributed by atoms with Gasteiger partial charge in [-0.1, -0.05) is 12.5 Å². The Hall–Kier alpha value is -0.930. The summed E-state index contributed by atoms with van der Waals surface area (Å²) in [7, 11) is 0. The molecule has 1 aromatic heterocycles. The first kappa shape index (κ1) is 13.5. The van der Waals surface area contributed by atoms with Crippen LogP contribution in [0.5, 0.6) is 0 Å². The van der Waals surface area contributed by atoms with Crippen molar-refractivity contribution in [3.05, 3.63) is 29.6 Å². The number of aryl methyl sites for hydroxylation is 1. The number of likely N-dealkylation sites (tertiary alicyclic amines) is 1. The van der Waals surface area contributed by atoms with E-state index < -0.39 is 0 Å². The molecule has 1 saturated heterocycles. The molecule has 0 saturated carbocycles. The van der Waals surface area contributed by atoms with Gasteiger partial charge in [-0.2, -0.15) is 0 Å². The summed E-state index contributed by atoms with van der Waals surface area (Å²) in [4.78, 5) is 6.92. The fourth-order valence-electron chi connectivity index (χ4n) is 2.52. The third-order valence-electron chi connectivity index (χ3n) is 3.76. The minimum atomic E-state index is 0.642. The summed E-state index contributed by atoms with van der Waals surface area (Å²) in [6.45, 7) is 8.88. The Balaban J connectivity index is 1.69. The zero-order valence-corrected chi connectivity index (χ0v) is 11.7. The van der Waals surface area contributed by atoms with E-state index in [4.69, 9.17) is 0 Å². The van der Waals surface area contributed by atoms with Crippen LogP contribution in [0.4, 0.5) is 0 Å². The van der Waals surface area contributed by atoms with Gasteiger partial charge in [-0.3, -0.25) is 9.88 Å². The van der Waals surface area contributed by atoms with Crippen molar-refractivity contribution < 1.29 is 0 Å². The molecular weight excluding hydrogens is 222 g/mol. The third-order valence-corrected chi connectivity index (χ3v) is 3.76. The molecule has 0 aliphatic carbocycles. The highest BCUT2D eigenvalue weighted by atomic mass is 15.2. The van der Waals surface area contributed by atoms with Gasteiger partial charge in [-0.05, 0) is 51.4 Å². The molecule has 0 bridgehead atoms. The predicted octanol–water partition coefficient (Wildman–Crippen LogP) is 2.35. The first-order valence-corrected chi connectivity index (χ1v) is 7.12. The van der Waals surface area contributed by atoms with E-state index in [2.05, 4.69) is 34.3 Å². The van der Waals surface area contributed by atoms with Crippen molar-refractivity contribution in [2.75, 3.05) is 19.6 Å². The van der Waals surface area contributed by atoms with Crippen LogP contribution in [0.3, 0.4) is 0 Å². The third kappa shape index (κ3) is 4.07. The topological polar surface area (TPSA) is 28.2 Å². The fraction of sp³-hybridized carbons (Fsp3) is 0.667. The molecule has 3 heteroatoms. The van der Waals surface area contributed by atoms with E-state index in [1.54, 1.807) is 0 Å². The Kier molecular flexibility index (Phi) is 5.14. The van der Waals surface area contributed by atoms with Crippen LogP contribution in [0.25, 0.3) is 0 Å². The number of pyridine rings is 1. The lowest BCUT2D eigenvalue weighted by Crippen LogP contribution is -2.42. The minimum Gasteiger partial charge on any atom is -0.311 e. The average molecular weight is 247 g/mol. The molecule has 1 fully saturated rings. The monoisotopic (exact) mass is 247 g/mol. The largest absolute Gasteiger partial charge is 0.311 e. The quantitative estimate of drug-likeness (QED) is 0.865. The standard InChI is InChI=1S/C15H25N3/c1-13-6-7-15(12-17-13)11-16-10-14(2)18-8-4-3-5-9-18/h6-7,12,14,16H,3-5,8-11H2,1-2H3. The maximum atomic E-state index is 4.32. The molecular formula is C15H25N3. The Morgan fingerprint density at radius 1 is 1.28 bits per heavy atom. The Morgan fingerprint density at radius 3 is 2.72 bits per heavy atom. The highest BCUT2D eigenvalue weighted by Gasteiger charge is 2.15. The number of rotatable bonds is 5. The van der Waals surface area contributed by atoms with Gasteiger partial charge < -0.3 is 5.32 Å². The summed E-state index contributed by atoms with van der Waals surface area (Å²) in [6.07, 6.45) is 6.11. The van der Waals surface area contributed by atoms with E-state index in [-0.39, 0.29) is 0 Å². The van der Waals surface area contributed by atoms with E-state index in [9.17, 15) is 0 Å². The molecule has 100 valence electrons. The molecule has 2 heterocycles. The van der Waals surface area contributed by atoms with Gasteiger partial charge in [0.25, 0.3) is 0 Å². The maximum Gasteiger partial charge on any atom is 0.0372 e. The summed E-state index contributed by atoms with van der Waals surface area (Å²) < 4.78 is 0. The summed E-state index contributed by atoms with van der Waals surface area (Å²) in [6, 6.07) is 4.87. The van der Waals surface area contributed by atoms with Crippen molar-refractivity contribution in [3.8, 4) is 0 Å². The van der Waals surface area contributed by atoms with Crippen molar-refractivity contribution in [1.29, 1.82) is 0 Å². The molecule has 18 heavy (non-hydrogen) atoms. The van der Waals surface area contributed by atoms with Crippen LogP contribution >= 0.6 is 0 Å². The van der Waals surface area contributed by atoms with E-state index in [1.807, 2.05) is 13.1 Å². The Labute approximate surface area is 111 Å². The zero-order valence-electron chi connectivity index (χ0n) is 11.7. The van der Waals surface area contributed by atoms with Gasteiger partial charge in [0, 0.05) is 31.0 Å². The number of piperidine rings is 1. The number of nitrogens with zero attached hydrogens (tertiary/aromatic N) is 2. The zero-order chi connectivity index (χ0) is 12.8. The highest BCUT2D eigenvalue weighted by molar-refractivity contribution is 5.12. The Morgan fingerprint density at radius 2 is 2.06 bits per heavy atom. The molecule has 1 atom stereocenters. The average Bonchev–Trinajstić information content (AvgIpc) is 2.42. The number of aromatic nitrogens is 1. The van der Waals surface area contributed by atoms with Gasteiger partial charge >= 0.3 is 0 Å². The molecule has 1 aliphatic rings. The highest BCUT2D eigenvalue weighted by Crippen LogP contribution is 2.11. The van der Waals surface area contributed by atoms with Crippen LogP contribution in [0.2, 0.25) is 0 Å². The van der Waals surface area contributed by atoms with Crippen LogP contribution in [0.1, 0.15) is 37.4 Å². The van der Waals surface area contributed by atoms with Gasteiger partial charge in [-0.25, -0.2) is 0 Å². The molecule has 1 unspecified atom stereocenters. The van der Waals surface area contributed by atoms with Crippen LogP contribution in [-0.4, -0.2) is 35.6 Å². The van der Waals surface area contributed by atoms with Crippen LogP contribution in [0.15, 0.2) is 18.3 Å². The first-order chi connectivity index (χ1) is 8.75. The Bertz CT molecular complexity index is 341. The van der Waals surface area contributed by atoms with Gasteiger partial charge in [-0.15, -0.1) is 0 Å². The molecule has 3 nitrogen and oxygen atoms in total. The lowest BCUT2D eigenvalue weighted by Gasteiger charge is -2.32. The SMILES string of the molecule is Cc1ccc(CNCC(C)N2CCCCC2)cn1. The number of hydrogen-bond acceptors (Lipinski definition) is 3. The summed E-state index contributed by atoms with van der Waals surface area (Å²) >= 11 is 0. The molecule has 1 aliphatic heterocycles. The minimum absolute atomic E-state index is 0.642. The summed E-state index contributed by atoms with van der Waals surface area (Å²) in [5.74, 6) is 0. The molecule has 1 N–H and O–H groups in total. The maximum absolute atomic E-state index is 4.32. The van der Waals surface area contributed by atoms with Crippen molar-refractivity contribution in [1.82, 2.24) is 15.2 Å². The van der Waals surface area contributed by atoms with Crippen molar-refractivity contribution in [2.24, 2.45) is 0 Å². The lowest BCUT2D eigenvalue weighted by atomic mass is 10.1. The van der Waals surface area contributed by atoms with Crippen molar-refractivity contribution >= 4 is 0 Å². The van der Waals surface area contributed by atoms with Gasteiger partial charge in [0.15, 0.2) is 0 Å². The normalized spacial score (nSPS) is 18.8. The van der Waals surface area contributed by atoms with Crippen LogP contribution in [0, 0.1) is 6.92 Å². The van der Waals surface area contributed by atoms with E-state index in [0.717, 1.165) is 18.8 Å². The van der Waals surface area contributed by atoms with Crippen molar-refractivity contribution in [3.63, 3.8) is 0 Å². The van der Waals surface area contributed by atoms with E-state index in [1.165, 1.54) is 37.9 Å². The summed E-state index contributed by atoms with van der Waals surface area (Å²) in [5, 5.41) is 3.54. The molecule has 0 spiro atoms. The van der Waals surface area contributed by atoms with Gasteiger partial charge in [0.1, 0.15) is 0 Å². The number of hydrogen-bond donors (Lipinski definition) is 1. The second-order valence-electron chi connectivity index (χ2n) is 5.38. The number of nitrogens with one attached hydrogen (secondary N) is 1. The molecule has 0 aromatic carbocycles.